The monoisotopic (exact) mass is 432 g/mol. The van der Waals surface area contributed by atoms with E-state index in [-0.39, 0.29) is 10.8 Å². The average Bonchev–Trinajstić information content (AvgIpc) is 2.67. The molecule has 152 valence electrons. The first-order chi connectivity index (χ1) is 13.6. The summed E-state index contributed by atoms with van der Waals surface area (Å²) in [7, 11) is -3.76. The molecule has 0 saturated carbocycles. The van der Waals surface area contributed by atoms with Crippen LogP contribution in [-0.4, -0.2) is 23.5 Å². The fourth-order valence-corrected chi connectivity index (χ4v) is 3.69. The molecule has 0 radical (unpaired) electrons. The lowest BCUT2D eigenvalue weighted by atomic mass is 10.0. The molecule has 0 aliphatic heterocycles. The van der Waals surface area contributed by atoms with E-state index in [1.807, 2.05) is 31.2 Å². The molecule has 0 amide bonds. The van der Waals surface area contributed by atoms with Gasteiger partial charge in [-0.25, -0.2) is 23.5 Å². The Morgan fingerprint density at radius 2 is 1.83 bits per heavy atom. The zero-order chi connectivity index (χ0) is 21.2. The number of aliphatic hydroxyl groups is 1. The van der Waals surface area contributed by atoms with Crippen molar-refractivity contribution in [2.24, 2.45) is 5.14 Å². The number of anilines is 1. The van der Waals surface area contributed by atoms with Crippen LogP contribution >= 0.6 is 11.6 Å². The van der Waals surface area contributed by atoms with Gasteiger partial charge in [0.05, 0.1) is 16.7 Å². The highest BCUT2D eigenvalue weighted by atomic mass is 35.5. The molecule has 3 aromatic rings. The minimum absolute atomic E-state index is 0.00134. The maximum Gasteiger partial charge on any atom is 0.238 e. The van der Waals surface area contributed by atoms with Crippen molar-refractivity contribution >= 4 is 27.6 Å². The van der Waals surface area contributed by atoms with E-state index in [1.165, 1.54) is 12.1 Å². The fraction of sp³-hybridized carbons (Fsp3) is 0.200. The Morgan fingerprint density at radius 1 is 1.14 bits per heavy atom. The molecule has 0 aliphatic carbocycles. The Bertz CT molecular complexity index is 1130. The van der Waals surface area contributed by atoms with E-state index in [0.29, 0.717) is 34.8 Å². The first-order valence-corrected chi connectivity index (χ1v) is 10.8. The minimum atomic E-state index is -3.76. The molecule has 0 aliphatic rings. The smallest absolute Gasteiger partial charge is 0.238 e. The Labute approximate surface area is 174 Å². The zero-order valence-electron chi connectivity index (χ0n) is 15.7. The third-order valence-corrected chi connectivity index (χ3v) is 5.95. The normalized spacial score (nSPS) is 12.7. The summed E-state index contributed by atoms with van der Waals surface area (Å²) in [6.07, 6.45) is 0.0356. The molecule has 3 rings (SSSR count). The molecule has 0 bridgehead atoms. The maximum absolute atomic E-state index is 11.3. The Balaban J connectivity index is 1.77. The highest BCUT2D eigenvalue weighted by Crippen LogP contribution is 2.28. The second-order valence-corrected chi connectivity index (χ2v) is 8.65. The van der Waals surface area contributed by atoms with Gasteiger partial charge in [0.15, 0.2) is 0 Å². The highest BCUT2D eigenvalue weighted by Gasteiger charge is 2.14. The second-order valence-electron chi connectivity index (χ2n) is 6.68. The third-order valence-electron chi connectivity index (χ3n) is 4.61. The van der Waals surface area contributed by atoms with E-state index in [4.69, 9.17) is 22.5 Å². The maximum atomic E-state index is 11.3. The van der Waals surface area contributed by atoms with Gasteiger partial charge in [-0.3, -0.25) is 0 Å². The number of aryl methyl sites for hydroxylation is 1. The van der Waals surface area contributed by atoms with E-state index in [2.05, 4.69) is 9.97 Å². The van der Waals surface area contributed by atoms with Gasteiger partial charge in [0, 0.05) is 16.3 Å². The molecule has 0 fully saturated rings. The molecule has 1 unspecified atom stereocenters. The molecule has 29 heavy (non-hydrogen) atoms. The highest BCUT2D eigenvalue weighted by molar-refractivity contribution is 7.89. The number of nitrogen functional groups attached to an aromatic ring is 1. The van der Waals surface area contributed by atoms with Crippen LogP contribution in [0.5, 0.6) is 0 Å². The van der Waals surface area contributed by atoms with Gasteiger partial charge in [0.25, 0.3) is 0 Å². The predicted octanol–water partition coefficient (Wildman–Crippen LogP) is 3.00. The van der Waals surface area contributed by atoms with Gasteiger partial charge in [-0.05, 0) is 55.2 Å². The number of nitrogens with two attached hydrogens (primary N) is 2. The van der Waals surface area contributed by atoms with E-state index in [9.17, 15) is 13.5 Å². The number of sulfonamides is 1. The van der Waals surface area contributed by atoms with Crippen LogP contribution in [0.2, 0.25) is 5.02 Å². The van der Waals surface area contributed by atoms with Crippen molar-refractivity contribution in [3.8, 4) is 11.3 Å². The molecule has 0 spiro atoms. The molecule has 1 aromatic heterocycles. The summed E-state index contributed by atoms with van der Waals surface area (Å²) >= 11 is 6.20. The Morgan fingerprint density at radius 3 is 2.48 bits per heavy atom. The van der Waals surface area contributed by atoms with E-state index < -0.39 is 16.1 Å². The number of halogens is 1. The first kappa shape index (κ1) is 21.2. The van der Waals surface area contributed by atoms with Gasteiger partial charge < -0.3 is 10.8 Å². The standard InChI is InChI=1S/C20H21ClN4O3S/c1-12-16(3-2-4-17(12)21)18-11-14(24-20(22)25-18)7-10-19(26)13-5-8-15(9-6-13)29(23,27)28/h2-6,8-9,11,19,26H,7,10H2,1H3,(H2,22,24,25)(H2,23,27,28). The van der Waals surface area contributed by atoms with Crippen molar-refractivity contribution in [3.05, 3.63) is 70.4 Å². The van der Waals surface area contributed by atoms with Gasteiger partial charge in [0.2, 0.25) is 16.0 Å². The van der Waals surface area contributed by atoms with Crippen LogP contribution in [0.15, 0.2) is 53.4 Å². The Hall–Kier alpha value is -2.52. The average molecular weight is 433 g/mol. The number of aromatic nitrogens is 2. The summed E-state index contributed by atoms with van der Waals surface area (Å²) in [5.41, 5.74) is 9.58. The lowest BCUT2D eigenvalue weighted by Crippen LogP contribution is -2.12. The van der Waals surface area contributed by atoms with Gasteiger partial charge >= 0.3 is 0 Å². The number of aliphatic hydroxyl groups excluding tert-OH is 1. The number of hydrogen-bond acceptors (Lipinski definition) is 6. The van der Waals surface area contributed by atoms with Crippen LogP contribution in [0.3, 0.4) is 0 Å². The lowest BCUT2D eigenvalue weighted by Gasteiger charge is -2.13. The first-order valence-electron chi connectivity index (χ1n) is 8.85. The third kappa shape index (κ3) is 5.10. The second kappa shape index (κ2) is 8.46. The van der Waals surface area contributed by atoms with Crippen LogP contribution in [0, 0.1) is 6.92 Å². The van der Waals surface area contributed by atoms with Crippen molar-refractivity contribution in [2.75, 3.05) is 5.73 Å². The molecule has 1 heterocycles. The van der Waals surface area contributed by atoms with Crippen molar-refractivity contribution < 1.29 is 13.5 Å². The molecular formula is C20H21ClN4O3S. The topological polar surface area (TPSA) is 132 Å². The molecule has 9 heteroatoms. The van der Waals surface area contributed by atoms with E-state index in [1.54, 1.807) is 12.1 Å². The molecule has 0 saturated heterocycles. The summed E-state index contributed by atoms with van der Waals surface area (Å²) < 4.78 is 22.7. The number of hydrogen-bond donors (Lipinski definition) is 3. The van der Waals surface area contributed by atoms with Gasteiger partial charge in [-0.1, -0.05) is 35.9 Å². The molecule has 5 N–H and O–H groups in total. The molecule has 1 atom stereocenters. The Kier molecular flexibility index (Phi) is 6.18. The number of rotatable bonds is 6. The van der Waals surface area contributed by atoms with Crippen LogP contribution in [0.4, 0.5) is 5.95 Å². The summed E-state index contributed by atoms with van der Waals surface area (Å²) in [5.74, 6) is 0.142. The minimum Gasteiger partial charge on any atom is -0.388 e. The van der Waals surface area contributed by atoms with Crippen LogP contribution in [-0.2, 0) is 16.4 Å². The van der Waals surface area contributed by atoms with Crippen LogP contribution < -0.4 is 10.9 Å². The number of nitrogens with zero attached hydrogens (tertiary/aromatic N) is 2. The van der Waals surface area contributed by atoms with Gasteiger partial charge in [-0.2, -0.15) is 0 Å². The van der Waals surface area contributed by atoms with Gasteiger partial charge in [-0.15, -0.1) is 0 Å². The lowest BCUT2D eigenvalue weighted by molar-refractivity contribution is 0.167. The van der Waals surface area contributed by atoms with E-state index in [0.717, 1.165) is 11.1 Å². The number of benzene rings is 2. The molecule has 2 aromatic carbocycles. The fourth-order valence-electron chi connectivity index (χ4n) is 3.00. The zero-order valence-corrected chi connectivity index (χ0v) is 17.3. The largest absolute Gasteiger partial charge is 0.388 e. The molecule has 7 nitrogen and oxygen atoms in total. The summed E-state index contributed by atoms with van der Waals surface area (Å²) in [6, 6.07) is 13.2. The van der Waals surface area contributed by atoms with Crippen LogP contribution in [0.25, 0.3) is 11.3 Å². The van der Waals surface area contributed by atoms with Crippen molar-refractivity contribution in [3.63, 3.8) is 0 Å². The summed E-state index contributed by atoms with van der Waals surface area (Å²) in [6.45, 7) is 1.91. The molecular weight excluding hydrogens is 412 g/mol. The summed E-state index contributed by atoms with van der Waals surface area (Å²) in [5, 5.41) is 16.2. The van der Waals surface area contributed by atoms with E-state index >= 15 is 0 Å². The van der Waals surface area contributed by atoms with Crippen molar-refractivity contribution in [1.82, 2.24) is 9.97 Å². The van der Waals surface area contributed by atoms with Crippen molar-refractivity contribution in [1.29, 1.82) is 0 Å². The quantitative estimate of drug-likeness (QED) is 0.548. The SMILES string of the molecule is Cc1c(Cl)cccc1-c1cc(CCC(O)c2ccc(S(N)(=O)=O)cc2)nc(N)n1. The number of primary sulfonamides is 1. The summed E-state index contributed by atoms with van der Waals surface area (Å²) in [4.78, 5) is 8.55. The van der Waals surface area contributed by atoms with Gasteiger partial charge in [0.1, 0.15) is 0 Å². The predicted molar refractivity (Wildman–Crippen MR) is 113 cm³/mol. The van der Waals surface area contributed by atoms with Crippen molar-refractivity contribution in [2.45, 2.75) is 30.8 Å². The van der Waals surface area contributed by atoms with Crippen LogP contribution in [0.1, 0.15) is 29.3 Å².